The Morgan fingerprint density at radius 1 is 1.14 bits per heavy atom. The second-order valence-electron chi connectivity index (χ2n) is 7.46. The number of para-hydroxylation sites is 1. The van der Waals surface area contributed by atoms with Gasteiger partial charge in [-0.3, -0.25) is 4.79 Å². The molecule has 0 bridgehead atoms. The van der Waals surface area contributed by atoms with E-state index in [0.717, 1.165) is 20.8 Å². The van der Waals surface area contributed by atoms with E-state index in [2.05, 4.69) is 24.9 Å². The number of likely N-dealkylation sites (N-methyl/N-ethyl adjacent to an activating group) is 1. The van der Waals surface area contributed by atoms with Crippen molar-refractivity contribution in [1.82, 2.24) is 9.88 Å². The third kappa shape index (κ3) is 4.56. The number of carbonyl (C=O) groups excluding carboxylic acids is 1. The second-order valence-corrected chi connectivity index (χ2v) is 8.52. The number of aromatic nitrogens is 1. The van der Waals surface area contributed by atoms with Gasteiger partial charge in [0.15, 0.2) is 6.54 Å². The summed E-state index contributed by atoms with van der Waals surface area (Å²) in [5.41, 5.74) is 2.00. The van der Waals surface area contributed by atoms with Crippen LogP contribution in [-0.4, -0.2) is 29.4 Å². The van der Waals surface area contributed by atoms with Gasteiger partial charge in [-0.15, -0.1) is 11.3 Å². The van der Waals surface area contributed by atoms with E-state index in [0.29, 0.717) is 12.5 Å². The fourth-order valence-electron chi connectivity index (χ4n) is 3.30. The van der Waals surface area contributed by atoms with E-state index in [-0.39, 0.29) is 23.8 Å². The third-order valence-corrected chi connectivity index (χ3v) is 6.37. The topological polar surface area (TPSA) is 49.8 Å². The summed E-state index contributed by atoms with van der Waals surface area (Å²) in [6.45, 7) is 6.58. The largest absolute Gasteiger partial charge is 0.332 e. The Labute approximate surface area is 169 Å². The van der Waals surface area contributed by atoms with E-state index in [1.807, 2.05) is 37.5 Å². The van der Waals surface area contributed by atoms with Crippen LogP contribution in [0.25, 0.3) is 10.2 Å². The van der Waals surface area contributed by atoms with Gasteiger partial charge in [0, 0.05) is 18.5 Å². The van der Waals surface area contributed by atoms with Crippen molar-refractivity contribution in [2.45, 2.75) is 32.9 Å². The molecule has 0 aliphatic carbocycles. The molecule has 4 nitrogen and oxygen atoms in total. The van der Waals surface area contributed by atoms with E-state index < -0.39 is 0 Å². The zero-order valence-electron chi connectivity index (χ0n) is 16.7. The van der Waals surface area contributed by atoms with Gasteiger partial charge in [-0.2, -0.15) is 0 Å². The van der Waals surface area contributed by atoms with Gasteiger partial charge in [0.1, 0.15) is 16.9 Å². The van der Waals surface area contributed by atoms with Crippen molar-refractivity contribution in [2.24, 2.45) is 5.92 Å². The minimum absolute atomic E-state index is 0.0551. The lowest BCUT2D eigenvalue weighted by molar-refractivity contribution is -0.692. The predicted octanol–water partition coefficient (Wildman–Crippen LogP) is 3.92. The molecule has 3 aromatic rings. The van der Waals surface area contributed by atoms with Crippen LogP contribution in [0.1, 0.15) is 43.4 Å². The summed E-state index contributed by atoms with van der Waals surface area (Å²) in [7, 11) is 1.83. The van der Waals surface area contributed by atoms with Crippen molar-refractivity contribution in [3.05, 3.63) is 64.9 Å². The Morgan fingerprint density at radius 2 is 1.82 bits per heavy atom. The number of benzene rings is 2. The number of hydrogen-bond acceptors (Lipinski definition) is 3. The maximum Gasteiger partial charge on any atom is 0.278 e. The summed E-state index contributed by atoms with van der Waals surface area (Å²) >= 11 is 1.63. The van der Waals surface area contributed by atoms with Crippen LogP contribution in [0.3, 0.4) is 0 Å². The molecule has 28 heavy (non-hydrogen) atoms. The predicted molar refractivity (Wildman–Crippen MR) is 112 cm³/mol. The Balaban J connectivity index is 1.66. The number of rotatable bonds is 7. The number of quaternary nitrogens is 1. The summed E-state index contributed by atoms with van der Waals surface area (Å²) in [5.74, 6) is 0.136. The van der Waals surface area contributed by atoms with E-state index >= 15 is 0 Å². The Kier molecular flexibility index (Phi) is 6.42. The summed E-state index contributed by atoms with van der Waals surface area (Å²) in [6, 6.07) is 14.6. The van der Waals surface area contributed by atoms with Crippen LogP contribution in [0.15, 0.2) is 48.5 Å². The molecule has 0 fully saturated rings. The minimum atomic E-state index is -0.244. The summed E-state index contributed by atoms with van der Waals surface area (Å²) in [6.07, 6.45) is 0. The van der Waals surface area contributed by atoms with Crippen LogP contribution in [0.2, 0.25) is 0 Å². The molecule has 0 aliphatic rings. The molecule has 3 rings (SSSR count). The van der Waals surface area contributed by atoms with Crippen LogP contribution in [-0.2, 0) is 4.79 Å². The van der Waals surface area contributed by atoms with Gasteiger partial charge in [-0.25, -0.2) is 9.37 Å². The SMILES string of the molecule is CC(C)[C@@H]([NH2+]CC(=O)N(C)[C@H](C)c1nc2ccccc2s1)c1ccc(F)cc1. The number of hydrogen-bond donors (Lipinski definition) is 1. The second kappa shape index (κ2) is 8.80. The van der Waals surface area contributed by atoms with Gasteiger partial charge in [-0.05, 0) is 31.2 Å². The number of fused-ring (bicyclic) bond motifs is 1. The first-order valence-electron chi connectivity index (χ1n) is 9.56. The van der Waals surface area contributed by atoms with Crippen molar-refractivity contribution in [2.75, 3.05) is 13.6 Å². The van der Waals surface area contributed by atoms with E-state index in [1.165, 1.54) is 12.1 Å². The molecule has 1 amide bonds. The maximum absolute atomic E-state index is 13.2. The van der Waals surface area contributed by atoms with Crippen LogP contribution < -0.4 is 5.32 Å². The molecule has 0 aliphatic heterocycles. The molecule has 148 valence electrons. The molecule has 2 atom stereocenters. The van der Waals surface area contributed by atoms with Gasteiger partial charge in [-0.1, -0.05) is 38.1 Å². The smallest absolute Gasteiger partial charge is 0.278 e. The fraction of sp³-hybridized carbons (Fsp3) is 0.364. The number of nitrogens with zero attached hydrogens (tertiary/aromatic N) is 2. The van der Waals surface area contributed by atoms with Gasteiger partial charge in [0.25, 0.3) is 5.91 Å². The Hall–Kier alpha value is -2.31. The first-order valence-corrected chi connectivity index (χ1v) is 10.4. The molecule has 0 unspecified atom stereocenters. The van der Waals surface area contributed by atoms with Crippen molar-refractivity contribution in [3.63, 3.8) is 0 Å². The Morgan fingerprint density at radius 3 is 2.46 bits per heavy atom. The molecular weight excluding hydrogens is 373 g/mol. The summed E-state index contributed by atoms with van der Waals surface area (Å²) < 4.78 is 14.4. The van der Waals surface area contributed by atoms with Gasteiger partial charge in [0.05, 0.1) is 16.3 Å². The van der Waals surface area contributed by atoms with Crippen LogP contribution >= 0.6 is 11.3 Å². The van der Waals surface area contributed by atoms with Crippen LogP contribution in [0, 0.1) is 11.7 Å². The molecule has 1 heterocycles. The highest BCUT2D eigenvalue weighted by Crippen LogP contribution is 2.28. The lowest BCUT2D eigenvalue weighted by Gasteiger charge is -2.25. The molecule has 0 radical (unpaired) electrons. The van der Waals surface area contributed by atoms with Crippen molar-refractivity contribution >= 4 is 27.5 Å². The number of halogens is 1. The Bertz CT molecular complexity index is 905. The number of nitrogens with two attached hydrogens (primary N) is 1. The number of amides is 1. The monoisotopic (exact) mass is 400 g/mol. The molecule has 0 saturated heterocycles. The summed E-state index contributed by atoms with van der Waals surface area (Å²) in [4.78, 5) is 19.2. The fourth-order valence-corrected chi connectivity index (χ4v) is 4.36. The maximum atomic E-state index is 13.2. The molecule has 0 saturated carbocycles. The standard InChI is InChI=1S/C22H26FN3OS/c1-14(2)21(16-9-11-17(23)12-10-16)24-13-20(27)26(4)15(3)22-25-18-7-5-6-8-19(18)28-22/h5-12,14-15,21,24H,13H2,1-4H3/p+1/t15-,21-/m1/s1. The van der Waals surface area contributed by atoms with Crippen molar-refractivity contribution in [1.29, 1.82) is 0 Å². The zero-order chi connectivity index (χ0) is 20.3. The lowest BCUT2D eigenvalue weighted by Crippen LogP contribution is -2.88. The highest BCUT2D eigenvalue weighted by atomic mass is 32.1. The van der Waals surface area contributed by atoms with E-state index in [9.17, 15) is 9.18 Å². The number of carbonyl (C=O) groups is 1. The normalized spacial score (nSPS) is 13.6. The first-order chi connectivity index (χ1) is 13.4. The molecule has 0 spiro atoms. The summed E-state index contributed by atoms with van der Waals surface area (Å²) in [5, 5.41) is 2.98. The van der Waals surface area contributed by atoms with Gasteiger partial charge < -0.3 is 10.2 Å². The van der Waals surface area contributed by atoms with Gasteiger partial charge in [0.2, 0.25) is 0 Å². The van der Waals surface area contributed by atoms with E-state index in [4.69, 9.17) is 0 Å². The number of thiazole rings is 1. The molecule has 2 aromatic carbocycles. The van der Waals surface area contributed by atoms with Crippen molar-refractivity contribution in [3.8, 4) is 0 Å². The van der Waals surface area contributed by atoms with Crippen molar-refractivity contribution < 1.29 is 14.5 Å². The minimum Gasteiger partial charge on any atom is -0.332 e. The van der Waals surface area contributed by atoms with E-state index in [1.54, 1.807) is 28.4 Å². The lowest BCUT2D eigenvalue weighted by atomic mass is 9.96. The quantitative estimate of drug-likeness (QED) is 0.654. The average Bonchev–Trinajstić information content (AvgIpc) is 3.12. The molecule has 1 aromatic heterocycles. The third-order valence-electron chi connectivity index (χ3n) is 5.16. The molecular formula is C22H27FN3OS+. The van der Waals surface area contributed by atoms with Crippen LogP contribution in [0.4, 0.5) is 4.39 Å². The molecule has 6 heteroatoms. The first kappa shape index (κ1) is 20.4. The highest BCUT2D eigenvalue weighted by Gasteiger charge is 2.25. The van der Waals surface area contributed by atoms with Crippen LogP contribution in [0.5, 0.6) is 0 Å². The average molecular weight is 401 g/mol. The zero-order valence-corrected chi connectivity index (χ0v) is 17.5. The molecule has 2 N–H and O–H groups in total. The van der Waals surface area contributed by atoms with Gasteiger partial charge >= 0.3 is 0 Å². The highest BCUT2D eigenvalue weighted by molar-refractivity contribution is 7.18.